The van der Waals surface area contributed by atoms with Gasteiger partial charge in [-0.25, -0.2) is 0 Å². The van der Waals surface area contributed by atoms with Gasteiger partial charge in [-0.1, -0.05) is 12.1 Å². The van der Waals surface area contributed by atoms with E-state index in [4.69, 9.17) is 5.26 Å². The molecule has 2 rings (SSSR count). The Bertz CT molecular complexity index is 356. The van der Waals surface area contributed by atoms with E-state index in [0.717, 1.165) is 5.69 Å². The van der Waals surface area contributed by atoms with Gasteiger partial charge in [0.15, 0.2) is 0 Å². The van der Waals surface area contributed by atoms with Crippen LogP contribution in [0.2, 0.25) is 0 Å². The molecule has 1 aromatic carbocycles. The first-order valence-corrected chi connectivity index (χ1v) is 5.11. The first-order chi connectivity index (χ1) is 6.31. The molecule has 13 heavy (non-hydrogen) atoms. The van der Waals surface area contributed by atoms with Gasteiger partial charge in [-0.05, 0) is 19.1 Å². The molecule has 2 atom stereocenters. The predicted molar refractivity (Wildman–Crippen MR) is 54.8 cm³/mol. The molecule has 2 unspecified atom stereocenters. The molecule has 66 valence electrons. The summed E-state index contributed by atoms with van der Waals surface area (Å²) in [7, 11) is 0. The zero-order valence-electron chi connectivity index (χ0n) is 7.32. The van der Waals surface area contributed by atoms with Crippen LogP contribution in [0.5, 0.6) is 0 Å². The average molecular weight is 190 g/mol. The van der Waals surface area contributed by atoms with Gasteiger partial charge in [0, 0.05) is 16.6 Å². The van der Waals surface area contributed by atoms with Crippen LogP contribution in [0.4, 0.5) is 5.69 Å². The van der Waals surface area contributed by atoms with Gasteiger partial charge in [0.1, 0.15) is 5.25 Å². The maximum Gasteiger partial charge on any atom is 0.116 e. The third kappa shape index (κ3) is 1.50. The Kier molecular flexibility index (Phi) is 2.15. The van der Waals surface area contributed by atoms with E-state index in [2.05, 4.69) is 11.4 Å². The number of thioether (sulfide) groups is 1. The molecular weight excluding hydrogens is 180 g/mol. The molecule has 0 saturated carbocycles. The predicted octanol–water partition coefficient (Wildman–Crippen LogP) is 2.48. The molecule has 0 aliphatic carbocycles. The Balaban J connectivity index is 2.34. The lowest BCUT2D eigenvalue weighted by atomic mass is 10.2. The number of benzene rings is 1. The van der Waals surface area contributed by atoms with Gasteiger partial charge in [0.05, 0.1) is 6.07 Å². The quantitative estimate of drug-likeness (QED) is 0.682. The average Bonchev–Trinajstić information content (AvgIpc) is 2.17. The number of para-hydroxylation sites is 1. The van der Waals surface area contributed by atoms with Crippen molar-refractivity contribution in [2.24, 2.45) is 0 Å². The summed E-state index contributed by atoms with van der Waals surface area (Å²) in [6.07, 6.45) is 0. The fourth-order valence-corrected chi connectivity index (χ4v) is 2.40. The third-order valence-electron chi connectivity index (χ3n) is 2.11. The van der Waals surface area contributed by atoms with Crippen LogP contribution in [0.15, 0.2) is 29.2 Å². The SMILES string of the molecule is CC1Nc2ccccc2SC1C#N. The standard InChI is InChI=1S/C10H10N2S/c1-7-10(6-11)13-9-5-3-2-4-8(9)12-7/h2-5,7,10,12H,1H3. The molecule has 1 N–H and O–H groups in total. The van der Waals surface area contributed by atoms with E-state index in [9.17, 15) is 0 Å². The molecule has 3 heteroatoms. The first-order valence-electron chi connectivity index (χ1n) is 4.23. The molecule has 1 heterocycles. The van der Waals surface area contributed by atoms with Crippen molar-refractivity contribution in [3.05, 3.63) is 24.3 Å². The van der Waals surface area contributed by atoms with Gasteiger partial charge in [-0.3, -0.25) is 0 Å². The van der Waals surface area contributed by atoms with E-state index in [0.29, 0.717) is 0 Å². The van der Waals surface area contributed by atoms with Gasteiger partial charge < -0.3 is 5.32 Å². The summed E-state index contributed by atoms with van der Waals surface area (Å²) in [6.45, 7) is 2.04. The van der Waals surface area contributed by atoms with E-state index >= 15 is 0 Å². The molecule has 0 amide bonds. The van der Waals surface area contributed by atoms with Crippen LogP contribution in [-0.4, -0.2) is 11.3 Å². The summed E-state index contributed by atoms with van der Waals surface area (Å²) in [5.74, 6) is 0. The minimum Gasteiger partial charge on any atom is -0.379 e. The summed E-state index contributed by atoms with van der Waals surface area (Å²) in [5.41, 5.74) is 1.14. The van der Waals surface area contributed by atoms with Crippen molar-refractivity contribution in [2.75, 3.05) is 5.32 Å². The van der Waals surface area contributed by atoms with E-state index < -0.39 is 0 Å². The molecule has 1 aliphatic rings. The molecule has 2 nitrogen and oxygen atoms in total. The maximum absolute atomic E-state index is 8.88. The van der Waals surface area contributed by atoms with Crippen molar-refractivity contribution in [2.45, 2.75) is 23.1 Å². The minimum atomic E-state index is 0.0231. The molecule has 0 spiro atoms. The molecule has 1 aromatic rings. The van der Waals surface area contributed by atoms with E-state index in [1.807, 2.05) is 31.2 Å². The molecule has 0 aromatic heterocycles. The second-order valence-electron chi connectivity index (χ2n) is 3.10. The fourth-order valence-electron chi connectivity index (χ4n) is 1.39. The van der Waals surface area contributed by atoms with Crippen LogP contribution in [0.25, 0.3) is 0 Å². The topological polar surface area (TPSA) is 35.8 Å². The van der Waals surface area contributed by atoms with Crippen LogP contribution in [0.1, 0.15) is 6.92 Å². The molecule has 0 saturated heterocycles. The summed E-state index contributed by atoms with van der Waals surface area (Å²) in [4.78, 5) is 1.17. The van der Waals surface area contributed by atoms with Crippen LogP contribution < -0.4 is 5.32 Å². The van der Waals surface area contributed by atoms with Gasteiger partial charge in [0.2, 0.25) is 0 Å². The highest BCUT2D eigenvalue weighted by atomic mass is 32.2. The summed E-state index contributed by atoms with van der Waals surface area (Å²) < 4.78 is 0. The lowest BCUT2D eigenvalue weighted by Crippen LogP contribution is -2.30. The lowest BCUT2D eigenvalue weighted by Gasteiger charge is -2.27. The number of nitrogens with zero attached hydrogens (tertiary/aromatic N) is 1. The van der Waals surface area contributed by atoms with Crippen molar-refractivity contribution in [1.29, 1.82) is 5.26 Å². The number of rotatable bonds is 0. The number of hydrogen-bond acceptors (Lipinski definition) is 3. The largest absolute Gasteiger partial charge is 0.379 e. The molecular formula is C10H10N2S. The Morgan fingerprint density at radius 3 is 3.00 bits per heavy atom. The number of nitrogens with one attached hydrogen (secondary N) is 1. The highest BCUT2D eigenvalue weighted by Gasteiger charge is 2.24. The van der Waals surface area contributed by atoms with Crippen molar-refractivity contribution in [3.63, 3.8) is 0 Å². The summed E-state index contributed by atoms with van der Waals surface area (Å²) in [6, 6.07) is 10.6. The second kappa shape index (κ2) is 3.31. The normalized spacial score (nSPS) is 25.5. The highest BCUT2D eigenvalue weighted by Crippen LogP contribution is 2.36. The number of anilines is 1. The molecule has 0 fully saturated rings. The van der Waals surface area contributed by atoms with Crippen LogP contribution in [-0.2, 0) is 0 Å². The lowest BCUT2D eigenvalue weighted by molar-refractivity contribution is 0.819. The van der Waals surface area contributed by atoms with Crippen molar-refractivity contribution in [3.8, 4) is 6.07 Å². The minimum absolute atomic E-state index is 0.0231. The zero-order valence-corrected chi connectivity index (χ0v) is 8.14. The van der Waals surface area contributed by atoms with E-state index in [-0.39, 0.29) is 11.3 Å². The number of nitriles is 1. The van der Waals surface area contributed by atoms with Gasteiger partial charge in [-0.2, -0.15) is 5.26 Å². The number of fused-ring (bicyclic) bond motifs is 1. The van der Waals surface area contributed by atoms with Gasteiger partial charge in [-0.15, -0.1) is 11.8 Å². The Morgan fingerprint density at radius 2 is 2.23 bits per heavy atom. The molecule has 0 radical (unpaired) electrons. The van der Waals surface area contributed by atoms with Gasteiger partial charge >= 0.3 is 0 Å². The van der Waals surface area contributed by atoms with Crippen molar-refractivity contribution >= 4 is 17.4 Å². The third-order valence-corrected chi connectivity index (χ3v) is 3.48. The number of hydrogen-bond donors (Lipinski definition) is 1. The zero-order chi connectivity index (χ0) is 9.26. The first kappa shape index (κ1) is 8.46. The van der Waals surface area contributed by atoms with E-state index in [1.165, 1.54) is 4.90 Å². The van der Waals surface area contributed by atoms with E-state index in [1.54, 1.807) is 11.8 Å². The smallest absolute Gasteiger partial charge is 0.116 e. The van der Waals surface area contributed by atoms with Crippen LogP contribution in [0.3, 0.4) is 0 Å². The molecule has 0 bridgehead atoms. The van der Waals surface area contributed by atoms with Crippen molar-refractivity contribution in [1.82, 2.24) is 0 Å². The monoisotopic (exact) mass is 190 g/mol. The van der Waals surface area contributed by atoms with Crippen molar-refractivity contribution < 1.29 is 0 Å². The Hall–Kier alpha value is -1.14. The fraction of sp³-hybridized carbons (Fsp3) is 0.300. The Morgan fingerprint density at radius 1 is 1.46 bits per heavy atom. The highest BCUT2D eigenvalue weighted by molar-refractivity contribution is 8.00. The summed E-state index contributed by atoms with van der Waals surface area (Å²) >= 11 is 1.64. The van der Waals surface area contributed by atoms with Crippen LogP contribution in [0, 0.1) is 11.3 Å². The summed E-state index contributed by atoms with van der Waals surface area (Å²) in [5, 5.41) is 12.2. The second-order valence-corrected chi connectivity index (χ2v) is 4.28. The van der Waals surface area contributed by atoms with Gasteiger partial charge in [0.25, 0.3) is 0 Å². The maximum atomic E-state index is 8.88. The Labute approximate surface area is 82.0 Å². The van der Waals surface area contributed by atoms with Crippen LogP contribution >= 0.6 is 11.8 Å². The molecule has 1 aliphatic heterocycles.